The molecule has 0 amide bonds. The van der Waals surface area contributed by atoms with Crippen molar-refractivity contribution in [1.29, 1.82) is 0 Å². The molecule has 3 nitrogen and oxygen atoms in total. The minimum Gasteiger partial charge on any atom is -0.459 e. The Labute approximate surface area is 111 Å². The van der Waals surface area contributed by atoms with E-state index in [2.05, 4.69) is 46.1 Å². The third-order valence-corrected chi connectivity index (χ3v) is 3.85. The number of rotatable bonds is 3. The first-order chi connectivity index (χ1) is 8.10. The molecular formula is C15H27NO2. The number of esters is 1. The van der Waals surface area contributed by atoms with Crippen LogP contribution in [0.3, 0.4) is 0 Å². The molecule has 0 saturated carbocycles. The van der Waals surface area contributed by atoms with Crippen molar-refractivity contribution in [2.24, 2.45) is 0 Å². The van der Waals surface area contributed by atoms with Gasteiger partial charge in [-0.1, -0.05) is 13.5 Å². The summed E-state index contributed by atoms with van der Waals surface area (Å²) in [4.78, 5) is 14.1. The average Bonchev–Trinajstić information content (AvgIpc) is 2.13. The molecule has 0 N–H and O–H groups in total. The van der Waals surface area contributed by atoms with Crippen molar-refractivity contribution in [3.8, 4) is 0 Å². The predicted octanol–water partition coefficient (Wildman–Crippen LogP) is 3.15. The Hall–Kier alpha value is -0.830. The van der Waals surface area contributed by atoms with Crippen LogP contribution in [0.4, 0.5) is 0 Å². The summed E-state index contributed by atoms with van der Waals surface area (Å²) in [5.74, 6) is -0.267. The third kappa shape index (κ3) is 3.14. The Balaban J connectivity index is 2.83. The first-order valence-electron chi connectivity index (χ1n) is 6.74. The number of likely N-dealkylation sites (tertiary alicyclic amines) is 1. The van der Waals surface area contributed by atoms with E-state index < -0.39 is 0 Å². The molecule has 1 aliphatic heterocycles. The maximum Gasteiger partial charge on any atom is 0.333 e. The molecule has 0 aromatic rings. The topological polar surface area (TPSA) is 29.5 Å². The lowest BCUT2D eigenvalue weighted by Gasteiger charge is -2.54. The van der Waals surface area contributed by atoms with Gasteiger partial charge in [0.05, 0.1) is 0 Å². The number of carbonyl (C=O) groups excluding carboxylic acids is 1. The van der Waals surface area contributed by atoms with Crippen LogP contribution in [0.15, 0.2) is 12.2 Å². The van der Waals surface area contributed by atoms with Crippen molar-refractivity contribution in [3.63, 3.8) is 0 Å². The molecule has 0 atom stereocenters. The molecule has 1 saturated heterocycles. The highest BCUT2D eigenvalue weighted by molar-refractivity contribution is 5.87. The largest absolute Gasteiger partial charge is 0.459 e. The molecule has 0 bridgehead atoms. The van der Waals surface area contributed by atoms with Crippen molar-refractivity contribution in [2.75, 3.05) is 6.54 Å². The summed E-state index contributed by atoms with van der Waals surface area (Å²) in [6.45, 7) is 17.4. The van der Waals surface area contributed by atoms with Crippen LogP contribution in [-0.4, -0.2) is 34.6 Å². The second-order valence-corrected chi connectivity index (χ2v) is 6.59. The van der Waals surface area contributed by atoms with E-state index in [4.69, 9.17) is 4.74 Å². The summed E-state index contributed by atoms with van der Waals surface area (Å²) in [6.07, 6.45) is 1.74. The van der Waals surface area contributed by atoms with Crippen LogP contribution < -0.4 is 0 Å². The van der Waals surface area contributed by atoms with Gasteiger partial charge in [-0.3, -0.25) is 4.90 Å². The van der Waals surface area contributed by atoms with Gasteiger partial charge < -0.3 is 4.74 Å². The predicted molar refractivity (Wildman–Crippen MR) is 74.5 cm³/mol. The zero-order valence-corrected chi connectivity index (χ0v) is 12.7. The van der Waals surface area contributed by atoms with Crippen LogP contribution in [-0.2, 0) is 9.53 Å². The first kappa shape index (κ1) is 15.2. The minimum absolute atomic E-state index is 0.0120. The fourth-order valence-corrected chi connectivity index (χ4v) is 3.42. The molecule has 0 aliphatic carbocycles. The number of hydrogen-bond donors (Lipinski definition) is 0. The van der Waals surface area contributed by atoms with E-state index in [0.29, 0.717) is 5.57 Å². The summed E-state index contributed by atoms with van der Waals surface area (Å²) in [5.41, 5.74) is 0.580. The molecule has 1 aliphatic rings. The van der Waals surface area contributed by atoms with Gasteiger partial charge in [-0.25, -0.2) is 4.79 Å². The molecule has 3 heteroatoms. The maximum atomic E-state index is 11.6. The summed E-state index contributed by atoms with van der Waals surface area (Å²) in [6, 6.07) is 0. The summed E-state index contributed by atoms with van der Waals surface area (Å²) >= 11 is 0. The zero-order chi connectivity index (χ0) is 14.1. The first-order valence-corrected chi connectivity index (χ1v) is 6.74. The Morgan fingerprint density at radius 3 is 2.06 bits per heavy atom. The molecule has 1 rings (SSSR count). The van der Waals surface area contributed by atoms with Gasteiger partial charge in [-0.2, -0.15) is 0 Å². The van der Waals surface area contributed by atoms with Crippen LogP contribution in [0, 0.1) is 0 Å². The van der Waals surface area contributed by atoms with E-state index in [1.165, 1.54) is 0 Å². The second kappa shape index (κ2) is 5.04. The van der Waals surface area contributed by atoms with E-state index in [-0.39, 0.29) is 23.2 Å². The average molecular weight is 253 g/mol. The molecule has 0 aromatic carbocycles. The van der Waals surface area contributed by atoms with Gasteiger partial charge >= 0.3 is 5.97 Å². The Kier molecular flexibility index (Phi) is 4.26. The van der Waals surface area contributed by atoms with Crippen LogP contribution in [0.1, 0.15) is 54.4 Å². The summed E-state index contributed by atoms with van der Waals surface area (Å²) < 4.78 is 5.55. The number of ether oxygens (including phenoxy) is 1. The fourth-order valence-electron chi connectivity index (χ4n) is 3.42. The monoisotopic (exact) mass is 253 g/mol. The number of hydrogen-bond acceptors (Lipinski definition) is 3. The normalized spacial score (nSPS) is 23.7. The lowest BCUT2D eigenvalue weighted by atomic mass is 9.78. The molecule has 0 radical (unpaired) electrons. The third-order valence-electron chi connectivity index (χ3n) is 3.85. The van der Waals surface area contributed by atoms with Crippen molar-refractivity contribution < 1.29 is 9.53 Å². The van der Waals surface area contributed by atoms with E-state index >= 15 is 0 Å². The highest BCUT2D eigenvalue weighted by Crippen LogP contribution is 2.39. The molecule has 0 unspecified atom stereocenters. The van der Waals surface area contributed by atoms with Crippen molar-refractivity contribution in [3.05, 3.63) is 12.2 Å². The van der Waals surface area contributed by atoms with Gasteiger partial charge in [0.15, 0.2) is 0 Å². The van der Waals surface area contributed by atoms with E-state index in [0.717, 1.165) is 19.4 Å². The molecular weight excluding hydrogens is 226 g/mol. The fraction of sp³-hybridized carbons (Fsp3) is 0.800. The van der Waals surface area contributed by atoms with Gasteiger partial charge in [-0.15, -0.1) is 0 Å². The number of piperidine rings is 1. The Morgan fingerprint density at radius 1 is 1.28 bits per heavy atom. The van der Waals surface area contributed by atoms with Crippen LogP contribution in [0.5, 0.6) is 0 Å². The lowest BCUT2D eigenvalue weighted by molar-refractivity contribution is -0.155. The van der Waals surface area contributed by atoms with E-state index in [1.807, 2.05) is 0 Å². The SMILES string of the molecule is C=C(C)C(=O)OC1CC(C)(C)N(CC)C(C)(C)C1. The van der Waals surface area contributed by atoms with Crippen LogP contribution in [0.25, 0.3) is 0 Å². The van der Waals surface area contributed by atoms with Gasteiger partial charge in [0.2, 0.25) is 0 Å². The lowest BCUT2D eigenvalue weighted by Crippen LogP contribution is -2.62. The zero-order valence-electron chi connectivity index (χ0n) is 12.7. The smallest absolute Gasteiger partial charge is 0.333 e. The Morgan fingerprint density at radius 2 is 1.72 bits per heavy atom. The number of nitrogens with zero attached hydrogens (tertiary/aromatic N) is 1. The molecule has 1 heterocycles. The molecule has 1 fully saturated rings. The van der Waals surface area contributed by atoms with E-state index in [1.54, 1.807) is 6.92 Å². The highest BCUT2D eigenvalue weighted by Gasteiger charge is 2.45. The minimum atomic E-state index is -0.267. The Bertz CT molecular complexity index is 326. The van der Waals surface area contributed by atoms with Crippen molar-refractivity contribution in [2.45, 2.75) is 71.6 Å². The number of carbonyl (C=O) groups is 1. The van der Waals surface area contributed by atoms with Gasteiger partial charge in [0, 0.05) is 29.5 Å². The van der Waals surface area contributed by atoms with Crippen molar-refractivity contribution in [1.82, 2.24) is 4.90 Å². The maximum absolute atomic E-state index is 11.6. The molecule has 0 aromatic heterocycles. The quantitative estimate of drug-likeness (QED) is 0.571. The van der Waals surface area contributed by atoms with Crippen molar-refractivity contribution >= 4 is 5.97 Å². The van der Waals surface area contributed by atoms with Gasteiger partial charge in [0.1, 0.15) is 6.10 Å². The highest BCUT2D eigenvalue weighted by atomic mass is 16.5. The summed E-state index contributed by atoms with van der Waals surface area (Å²) in [5, 5.41) is 0. The van der Waals surface area contributed by atoms with Gasteiger partial charge in [0.25, 0.3) is 0 Å². The standard InChI is InChI=1S/C15H27NO2/c1-8-16-14(4,5)9-12(10-15(16,6)7)18-13(17)11(2)3/h12H,2,8-10H2,1,3-7H3. The molecule has 104 valence electrons. The van der Waals surface area contributed by atoms with E-state index in [9.17, 15) is 4.79 Å². The van der Waals surface area contributed by atoms with Gasteiger partial charge in [-0.05, 0) is 41.2 Å². The molecule has 0 spiro atoms. The molecule has 18 heavy (non-hydrogen) atoms. The second-order valence-electron chi connectivity index (χ2n) is 6.59. The summed E-state index contributed by atoms with van der Waals surface area (Å²) in [7, 11) is 0. The van der Waals surface area contributed by atoms with Crippen LogP contribution in [0.2, 0.25) is 0 Å². The van der Waals surface area contributed by atoms with Crippen LogP contribution >= 0.6 is 0 Å².